The average molecular weight is 640 g/mol. The number of allylic oxidation sites excluding steroid dienone is 4. The number of nitrogens with zero attached hydrogens (tertiary/aromatic N) is 2. The standard InChI is InChI=1S/C29H38N2.2C6H11.Ni/c1-5-8-13-23-17-19-24(20-18-23)28-26(15-9-6-2)27(16-10-7-3)29(31(28)30)25-14-11-12-22(4)21-25;2*1-3-5-6-4-2;/h11-12,14,17-21H,5-10,13,15-16H2,1-4H3;2*1,3H,4-6H2,2H3;. The third kappa shape index (κ3) is 12.8. The Labute approximate surface area is 277 Å². The topological polar surface area (TPSA) is 25.3 Å². The molecule has 1 aliphatic rings. The predicted molar refractivity (Wildman–Crippen MR) is 190 cm³/mol. The van der Waals surface area contributed by atoms with E-state index in [1.165, 1.54) is 78.3 Å². The van der Waals surface area contributed by atoms with Crippen molar-refractivity contribution >= 4 is 11.4 Å². The fourth-order valence-corrected chi connectivity index (χ4v) is 6.07. The third-order valence-corrected chi connectivity index (χ3v) is 8.82. The van der Waals surface area contributed by atoms with Crippen LogP contribution in [0.15, 0.2) is 81.9 Å². The van der Waals surface area contributed by atoms with Crippen LogP contribution in [0.2, 0.25) is 0 Å². The first-order valence-corrected chi connectivity index (χ1v) is 18.6. The van der Waals surface area contributed by atoms with Crippen molar-refractivity contribution in [2.24, 2.45) is 0 Å². The summed E-state index contributed by atoms with van der Waals surface area (Å²) in [6.45, 7) is 13.3. The summed E-state index contributed by atoms with van der Waals surface area (Å²) in [4.78, 5) is 0. The van der Waals surface area contributed by atoms with E-state index in [1.807, 2.05) is 0 Å². The van der Waals surface area contributed by atoms with Crippen LogP contribution in [0.25, 0.3) is 16.9 Å². The second-order valence-electron chi connectivity index (χ2n) is 11.9. The number of hydrogen-bond donors (Lipinski definition) is 0. The van der Waals surface area contributed by atoms with Gasteiger partial charge in [-0.3, -0.25) is 0 Å². The van der Waals surface area contributed by atoms with Gasteiger partial charge in [0.2, 0.25) is 11.4 Å². The molecule has 0 spiro atoms. The van der Waals surface area contributed by atoms with Crippen molar-refractivity contribution in [3.63, 3.8) is 0 Å². The third-order valence-electron chi connectivity index (χ3n) is 7.98. The van der Waals surface area contributed by atoms with E-state index in [2.05, 4.69) is 112 Å². The zero-order valence-electron chi connectivity index (χ0n) is 28.7. The van der Waals surface area contributed by atoms with Crippen LogP contribution in [0.5, 0.6) is 0 Å². The van der Waals surface area contributed by atoms with E-state index in [0.29, 0.717) is 0 Å². The molecule has 0 aliphatic carbocycles. The Hall–Kier alpha value is -2.51. The van der Waals surface area contributed by atoms with Gasteiger partial charge in [0, 0.05) is 22.3 Å². The number of aryl methyl sites for hydroxylation is 2. The zero-order chi connectivity index (χ0) is 32.0. The molecule has 0 atom stereocenters. The number of benzene rings is 2. The molecule has 44 heavy (non-hydrogen) atoms. The number of rotatable bonds is 19. The van der Waals surface area contributed by atoms with Gasteiger partial charge in [-0.15, -0.1) is 0 Å². The Morgan fingerprint density at radius 1 is 0.614 bits per heavy atom. The Morgan fingerprint density at radius 2 is 1.11 bits per heavy atom. The van der Waals surface area contributed by atoms with Gasteiger partial charge < -0.3 is 5.53 Å². The second-order valence-corrected chi connectivity index (χ2v) is 12.9. The molecule has 0 aromatic heterocycles. The van der Waals surface area contributed by atoms with Crippen LogP contribution in [0.4, 0.5) is 0 Å². The van der Waals surface area contributed by atoms with Crippen LogP contribution in [-0.4, -0.2) is 4.70 Å². The molecular weight excluding hydrogens is 579 g/mol. The van der Waals surface area contributed by atoms with Gasteiger partial charge in [0.1, 0.15) is 0 Å². The average Bonchev–Trinajstić information content (AvgIpc) is 3.31. The normalized spacial score (nSPS) is 13.5. The van der Waals surface area contributed by atoms with Gasteiger partial charge in [-0.1, -0.05) is 69.9 Å². The van der Waals surface area contributed by atoms with E-state index in [9.17, 15) is 5.53 Å². The molecule has 3 heteroatoms. The van der Waals surface area contributed by atoms with Crippen LogP contribution in [0.1, 0.15) is 147 Å². The van der Waals surface area contributed by atoms with Gasteiger partial charge in [-0.2, -0.15) is 0 Å². The van der Waals surface area contributed by atoms with Gasteiger partial charge in [0.15, 0.2) is 0 Å². The molecule has 0 N–H and O–H groups in total. The quantitative estimate of drug-likeness (QED) is 0.0830. The molecular formula is C41H60N2Ni. The Morgan fingerprint density at radius 3 is 1.61 bits per heavy atom. The zero-order valence-corrected chi connectivity index (χ0v) is 29.7. The van der Waals surface area contributed by atoms with Gasteiger partial charge in [-0.25, -0.2) is 4.70 Å². The fraction of sp³-hybridized carbons (Fsp3) is 0.512. The second kappa shape index (κ2) is 22.9. The monoisotopic (exact) mass is 638 g/mol. The molecule has 3 rings (SSSR count). The number of unbranched alkanes of at least 4 members (excludes halogenated alkanes) is 7. The van der Waals surface area contributed by atoms with Crippen LogP contribution in [0.3, 0.4) is 0 Å². The van der Waals surface area contributed by atoms with E-state index in [4.69, 9.17) is 0 Å². The first-order chi connectivity index (χ1) is 21.5. The summed E-state index contributed by atoms with van der Waals surface area (Å²) in [6.07, 6.45) is 22.4. The van der Waals surface area contributed by atoms with Gasteiger partial charge in [0.25, 0.3) is 0 Å². The molecule has 0 amide bonds. The molecule has 2 aromatic carbocycles. The van der Waals surface area contributed by atoms with Crippen molar-refractivity contribution in [3.8, 4) is 0 Å². The van der Waals surface area contributed by atoms with Crippen LogP contribution < -0.4 is 0 Å². The first kappa shape index (κ1) is 37.7. The molecule has 0 unspecified atom stereocenters. The summed E-state index contributed by atoms with van der Waals surface area (Å²) in [7, 11) is 0. The molecule has 1 heterocycles. The summed E-state index contributed by atoms with van der Waals surface area (Å²) >= 11 is 1.62. The maximum atomic E-state index is 11.5. The minimum atomic E-state index is 0.980. The molecule has 0 bridgehead atoms. The van der Waals surface area contributed by atoms with E-state index in [-0.39, 0.29) is 0 Å². The first-order valence-electron chi connectivity index (χ1n) is 17.5. The van der Waals surface area contributed by atoms with Gasteiger partial charge in [-0.05, 0) is 75.3 Å². The summed E-state index contributed by atoms with van der Waals surface area (Å²) in [5.74, 6) is 0. The van der Waals surface area contributed by atoms with Crippen LogP contribution >= 0.6 is 0 Å². The van der Waals surface area contributed by atoms with Crippen molar-refractivity contribution in [1.82, 2.24) is 0 Å². The molecule has 2 aromatic rings. The Kier molecular flexibility index (Phi) is 19.6. The van der Waals surface area contributed by atoms with Gasteiger partial charge >= 0.3 is 89.1 Å². The molecule has 0 saturated carbocycles. The van der Waals surface area contributed by atoms with E-state index in [0.717, 1.165) is 67.5 Å². The van der Waals surface area contributed by atoms with Crippen LogP contribution in [-0.2, 0) is 20.9 Å². The van der Waals surface area contributed by atoms with E-state index in [1.54, 1.807) is 14.4 Å². The molecule has 0 fully saturated rings. The molecule has 244 valence electrons. The van der Waals surface area contributed by atoms with Crippen LogP contribution in [0, 0.1) is 6.92 Å². The molecule has 0 radical (unpaired) electrons. The Balaban J connectivity index is 0.000000439. The summed E-state index contributed by atoms with van der Waals surface area (Å²) in [6, 6.07) is 17.4. The van der Waals surface area contributed by atoms with Gasteiger partial charge in [0.05, 0.1) is 0 Å². The SMILES string of the molecule is CCCCC1=C(c2ccc(CCCC)cc2)[N+](=[N-])C(c2cccc(C)c2)=C1CCCC.CCCCC=[CH][Ni][CH]=CCCCC. The maximum absolute atomic E-state index is 11.5. The summed E-state index contributed by atoms with van der Waals surface area (Å²) in [5, 5.41) is 4.43. The molecule has 2 nitrogen and oxygen atoms in total. The molecule has 1 aliphatic heterocycles. The predicted octanol–water partition coefficient (Wildman–Crippen LogP) is 13.4. The van der Waals surface area contributed by atoms with Crippen molar-refractivity contribution in [3.05, 3.63) is 110 Å². The minimum absolute atomic E-state index is 0.980. The summed E-state index contributed by atoms with van der Waals surface area (Å²) in [5.41, 5.74) is 21.0. The van der Waals surface area contributed by atoms with Crippen molar-refractivity contribution in [2.45, 2.75) is 138 Å². The summed E-state index contributed by atoms with van der Waals surface area (Å²) < 4.78 is 1.49. The molecule has 0 saturated heterocycles. The van der Waals surface area contributed by atoms with Crippen molar-refractivity contribution < 1.29 is 19.1 Å². The fourth-order valence-electron chi connectivity index (χ4n) is 5.37. The van der Waals surface area contributed by atoms with Crippen molar-refractivity contribution in [2.75, 3.05) is 0 Å². The van der Waals surface area contributed by atoms with E-state index >= 15 is 0 Å². The number of hydrogen-bond acceptors (Lipinski definition) is 0. The van der Waals surface area contributed by atoms with E-state index < -0.39 is 0 Å². The Bertz CT molecular complexity index is 1210. The van der Waals surface area contributed by atoms with Crippen molar-refractivity contribution in [1.29, 1.82) is 0 Å².